The quantitative estimate of drug-likeness (QED) is 0.193. The second-order valence-electron chi connectivity index (χ2n) is 12.0. The van der Waals surface area contributed by atoms with E-state index in [4.69, 9.17) is 0 Å². The number of hydrogen-bond donors (Lipinski definition) is 1. The van der Waals surface area contributed by atoms with E-state index in [1.807, 2.05) is 31.2 Å². The Morgan fingerprint density at radius 2 is 1.77 bits per heavy atom. The number of carbonyl (C=O) groups is 1. The minimum atomic E-state index is -4.74. The molecule has 1 N–H and O–H groups in total. The fourth-order valence-corrected chi connectivity index (χ4v) is 7.02. The number of benzene rings is 3. The summed E-state index contributed by atoms with van der Waals surface area (Å²) in [4.78, 5) is 24.1. The highest BCUT2D eigenvalue weighted by atomic mass is 32.2. The van der Waals surface area contributed by atoms with Crippen molar-refractivity contribution in [2.24, 2.45) is 4.99 Å². The van der Waals surface area contributed by atoms with Crippen LogP contribution in [0.5, 0.6) is 5.75 Å². The molecule has 1 fully saturated rings. The normalized spacial score (nSPS) is 16.7. The molecule has 0 radical (unpaired) electrons. The molecular weight excluding hydrogens is 625 g/mol. The summed E-state index contributed by atoms with van der Waals surface area (Å²) >= 11 is 1.63. The molecule has 0 aliphatic carbocycles. The van der Waals surface area contributed by atoms with Crippen LogP contribution in [-0.2, 0) is 6.42 Å². The Kier molecular flexibility index (Phi) is 10.6. The predicted molar refractivity (Wildman–Crippen MR) is 182 cm³/mol. The fourth-order valence-electron chi connectivity index (χ4n) is 5.82. The first kappa shape index (κ1) is 34.0. The number of aryl methyl sites for hydroxylation is 4. The van der Waals surface area contributed by atoms with Gasteiger partial charge >= 0.3 is 12.4 Å². The van der Waals surface area contributed by atoms with Crippen molar-refractivity contribution in [3.63, 3.8) is 0 Å². The number of aromatic nitrogens is 3. The van der Waals surface area contributed by atoms with Crippen molar-refractivity contribution < 1.29 is 22.7 Å². The first-order chi connectivity index (χ1) is 22.4. The Bertz CT molecular complexity index is 1700. The first-order valence-electron chi connectivity index (χ1n) is 15.6. The average molecular weight is 665 g/mol. The van der Waals surface area contributed by atoms with E-state index in [0.29, 0.717) is 11.5 Å². The van der Waals surface area contributed by atoms with E-state index in [1.54, 1.807) is 11.8 Å². The zero-order valence-electron chi connectivity index (χ0n) is 27.1. The molecule has 5 rings (SSSR count). The van der Waals surface area contributed by atoms with Gasteiger partial charge in [-0.05, 0) is 101 Å². The first-order valence-corrected chi connectivity index (χ1v) is 16.6. The zero-order valence-corrected chi connectivity index (χ0v) is 28.0. The van der Waals surface area contributed by atoms with Crippen LogP contribution in [0.4, 0.5) is 23.7 Å². The van der Waals surface area contributed by atoms with Crippen LogP contribution >= 0.6 is 11.8 Å². The summed E-state index contributed by atoms with van der Waals surface area (Å²) in [5.41, 5.74) is 7.26. The van der Waals surface area contributed by atoms with E-state index in [-0.39, 0.29) is 23.9 Å². The number of aliphatic imine (C=N–C) groups is 1. The molecular formula is C35H39F3N6O2S. The second kappa shape index (κ2) is 14.6. The van der Waals surface area contributed by atoms with Crippen molar-refractivity contribution in [2.75, 3.05) is 10.7 Å². The lowest BCUT2D eigenvalue weighted by Gasteiger charge is -2.37. The van der Waals surface area contributed by atoms with Gasteiger partial charge in [0.15, 0.2) is 11.0 Å². The SMILES string of the molecule is Cc1cc(C)c(N2/C(=N/C(=O)NC(C)CCCc3ccc(-c4ncn(-c5ccc(OC(F)(F)F)cc5)n4)cc3)SCCC2C)c(C)c1. The van der Waals surface area contributed by atoms with Crippen LogP contribution in [0.15, 0.2) is 72.0 Å². The molecule has 1 aromatic heterocycles. The van der Waals surface area contributed by atoms with Crippen molar-refractivity contribution >= 4 is 28.6 Å². The third-order valence-corrected chi connectivity index (χ3v) is 8.98. The Hall–Kier alpha value is -4.32. The van der Waals surface area contributed by atoms with Crippen LogP contribution in [0.1, 0.15) is 55.4 Å². The molecule has 3 aromatic carbocycles. The summed E-state index contributed by atoms with van der Waals surface area (Å²) in [5, 5.41) is 8.27. The van der Waals surface area contributed by atoms with Gasteiger partial charge in [0.2, 0.25) is 0 Å². The Morgan fingerprint density at radius 3 is 2.43 bits per heavy atom. The molecule has 0 spiro atoms. The molecule has 2 amide bonds. The molecule has 47 heavy (non-hydrogen) atoms. The van der Waals surface area contributed by atoms with Crippen LogP contribution in [0.25, 0.3) is 17.1 Å². The summed E-state index contributed by atoms with van der Waals surface area (Å²) in [6.07, 6.45) is 0.332. The summed E-state index contributed by atoms with van der Waals surface area (Å²) in [6.45, 7) is 10.5. The number of anilines is 1. The predicted octanol–water partition coefficient (Wildman–Crippen LogP) is 8.57. The number of amidine groups is 1. The summed E-state index contributed by atoms with van der Waals surface area (Å²) in [7, 11) is 0. The maximum atomic E-state index is 13.0. The molecule has 1 saturated heterocycles. The number of hydrogen-bond acceptors (Lipinski definition) is 5. The second-order valence-corrected chi connectivity index (χ2v) is 13.1. The molecule has 2 heterocycles. The van der Waals surface area contributed by atoms with Crippen molar-refractivity contribution in [2.45, 2.75) is 78.7 Å². The lowest BCUT2D eigenvalue weighted by atomic mass is 10.0. The summed E-state index contributed by atoms with van der Waals surface area (Å²) < 4.78 is 42.7. The topological polar surface area (TPSA) is 84.6 Å². The van der Waals surface area contributed by atoms with E-state index in [0.717, 1.165) is 53.4 Å². The Balaban J connectivity index is 1.13. The molecule has 2 unspecified atom stereocenters. The van der Waals surface area contributed by atoms with Gasteiger partial charge in [0.1, 0.15) is 12.1 Å². The highest BCUT2D eigenvalue weighted by Gasteiger charge is 2.31. The van der Waals surface area contributed by atoms with Crippen LogP contribution in [0, 0.1) is 20.8 Å². The molecule has 2 atom stereocenters. The van der Waals surface area contributed by atoms with Crippen LogP contribution in [-0.4, -0.2) is 50.2 Å². The van der Waals surface area contributed by atoms with Gasteiger partial charge < -0.3 is 15.0 Å². The molecule has 248 valence electrons. The lowest BCUT2D eigenvalue weighted by Crippen LogP contribution is -2.43. The van der Waals surface area contributed by atoms with Crippen molar-refractivity contribution in [3.8, 4) is 22.8 Å². The number of carbonyl (C=O) groups excluding carboxylic acids is 1. The zero-order chi connectivity index (χ0) is 33.7. The van der Waals surface area contributed by atoms with E-state index in [9.17, 15) is 18.0 Å². The largest absolute Gasteiger partial charge is 0.573 e. The fraction of sp³-hybridized carbons (Fsp3) is 0.371. The number of urea groups is 1. The number of rotatable bonds is 9. The van der Waals surface area contributed by atoms with Gasteiger partial charge in [-0.3, -0.25) is 0 Å². The minimum absolute atomic E-state index is 0.0318. The highest BCUT2D eigenvalue weighted by Crippen LogP contribution is 2.34. The summed E-state index contributed by atoms with van der Waals surface area (Å²) in [5.74, 6) is 1.13. The van der Waals surface area contributed by atoms with Gasteiger partial charge in [0, 0.05) is 29.1 Å². The maximum absolute atomic E-state index is 13.0. The Labute approximate surface area is 277 Å². The van der Waals surface area contributed by atoms with Crippen molar-refractivity contribution in [3.05, 3.63) is 89.2 Å². The number of thioether (sulfide) groups is 1. The van der Waals surface area contributed by atoms with Crippen LogP contribution in [0.3, 0.4) is 0 Å². The third kappa shape index (κ3) is 8.94. The van der Waals surface area contributed by atoms with E-state index in [2.05, 4.69) is 69.9 Å². The average Bonchev–Trinajstić information content (AvgIpc) is 3.48. The van der Waals surface area contributed by atoms with Gasteiger partial charge in [-0.2, -0.15) is 4.99 Å². The monoisotopic (exact) mass is 664 g/mol. The molecule has 1 aliphatic heterocycles. The van der Waals surface area contributed by atoms with Gasteiger partial charge in [0.05, 0.1) is 5.69 Å². The number of amides is 2. The minimum Gasteiger partial charge on any atom is -0.406 e. The van der Waals surface area contributed by atoms with E-state index in [1.165, 1.54) is 52.0 Å². The van der Waals surface area contributed by atoms with Gasteiger partial charge in [-0.15, -0.1) is 18.3 Å². The standard InChI is InChI=1S/C35H39F3N6O2S/c1-22-19-23(2)31(24(3)20-22)44-26(5)17-18-47-34(44)41-33(45)40-25(4)7-6-8-27-9-11-28(12-10-27)32-39-21-43(42-32)29-13-15-30(16-14-29)46-35(36,37)38/h9-16,19-21,25-26H,6-8,17-18H2,1-5H3,(H,40,45)/b41-34-. The number of halogens is 3. The number of ether oxygens (including phenoxy) is 1. The smallest absolute Gasteiger partial charge is 0.406 e. The van der Waals surface area contributed by atoms with Gasteiger partial charge in [-0.25, -0.2) is 14.5 Å². The Morgan fingerprint density at radius 1 is 1.09 bits per heavy atom. The van der Waals surface area contributed by atoms with E-state index >= 15 is 0 Å². The summed E-state index contributed by atoms with van der Waals surface area (Å²) in [6, 6.07) is 17.6. The van der Waals surface area contributed by atoms with Gasteiger partial charge in [-0.1, -0.05) is 53.7 Å². The van der Waals surface area contributed by atoms with E-state index < -0.39 is 6.36 Å². The highest BCUT2D eigenvalue weighted by molar-refractivity contribution is 8.14. The van der Waals surface area contributed by atoms with Crippen LogP contribution in [0.2, 0.25) is 0 Å². The third-order valence-electron chi connectivity index (χ3n) is 8.00. The van der Waals surface area contributed by atoms with Crippen LogP contribution < -0.4 is 15.0 Å². The van der Waals surface area contributed by atoms with Crippen molar-refractivity contribution in [1.82, 2.24) is 20.1 Å². The molecule has 1 aliphatic rings. The maximum Gasteiger partial charge on any atom is 0.573 e. The number of nitrogens with zero attached hydrogens (tertiary/aromatic N) is 5. The molecule has 8 nitrogen and oxygen atoms in total. The molecule has 4 aromatic rings. The van der Waals surface area contributed by atoms with Gasteiger partial charge in [0.25, 0.3) is 0 Å². The molecule has 0 bridgehead atoms. The van der Waals surface area contributed by atoms with Crippen molar-refractivity contribution in [1.29, 1.82) is 0 Å². The molecule has 12 heteroatoms. The number of nitrogens with one attached hydrogen (secondary N) is 1. The molecule has 0 saturated carbocycles. The lowest BCUT2D eigenvalue weighted by molar-refractivity contribution is -0.274. The number of alkyl halides is 3.